The number of fused-ring (bicyclic) bond motifs is 1. The predicted molar refractivity (Wildman–Crippen MR) is 108 cm³/mol. The molecule has 2 aliphatic rings. The number of nitrogens with zero attached hydrogens (tertiary/aromatic N) is 2. The molecular weight excluding hydrogens is 380 g/mol. The van der Waals surface area contributed by atoms with Gasteiger partial charge in [-0.15, -0.1) is 22.7 Å². The van der Waals surface area contributed by atoms with E-state index in [1.165, 1.54) is 10.5 Å². The molecule has 2 atom stereocenters. The van der Waals surface area contributed by atoms with Gasteiger partial charge in [0.1, 0.15) is 0 Å². The summed E-state index contributed by atoms with van der Waals surface area (Å²) >= 11 is 3.32. The van der Waals surface area contributed by atoms with E-state index in [2.05, 4.69) is 17.5 Å². The highest BCUT2D eigenvalue weighted by Crippen LogP contribution is 2.45. The maximum Gasteiger partial charge on any atom is 0.303 e. The van der Waals surface area contributed by atoms with Gasteiger partial charge in [0, 0.05) is 22.1 Å². The van der Waals surface area contributed by atoms with Crippen LogP contribution in [0.2, 0.25) is 0 Å². The predicted octanol–water partition coefficient (Wildman–Crippen LogP) is 4.80. The average Bonchev–Trinajstić information content (AvgIpc) is 3.39. The normalized spacial score (nSPS) is 23.3. The first-order valence-electron chi connectivity index (χ1n) is 9.03. The molecule has 5 nitrogen and oxygen atoms in total. The number of amides is 1. The molecule has 140 valence electrons. The van der Waals surface area contributed by atoms with Crippen LogP contribution in [-0.4, -0.2) is 27.7 Å². The van der Waals surface area contributed by atoms with Crippen LogP contribution in [0.25, 0.3) is 6.08 Å². The standard InChI is InChI=1S/C20H20N2O3S2/c23-17(8-9-18(24)25)22-20(16-7-3-11-27-16)15-6-1-4-13(19(15)21-22)12-14-5-2-10-26-14/h2-3,5,7,10-12,15,20H,1,4,6,8-9H2,(H,24,25)/b13-12+/t15-,20+/m1/s1. The third-order valence-electron chi connectivity index (χ3n) is 5.00. The van der Waals surface area contributed by atoms with Crippen LogP contribution in [0.1, 0.15) is 47.9 Å². The van der Waals surface area contributed by atoms with Crippen LogP contribution in [0.15, 0.2) is 45.7 Å². The monoisotopic (exact) mass is 400 g/mol. The Morgan fingerprint density at radius 2 is 2.04 bits per heavy atom. The van der Waals surface area contributed by atoms with E-state index >= 15 is 0 Å². The van der Waals surface area contributed by atoms with Crippen LogP contribution in [-0.2, 0) is 9.59 Å². The molecule has 27 heavy (non-hydrogen) atoms. The van der Waals surface area contributed by atoms with Crippen LogP contribution in [0.5, 0.6) is 0 Å². The number of rotatable bonds is 5. The van der Waals surface area contributed by atoms with Crippen molar-refractivity contribution in [2.24, 2.45) is 11.0 Å². The van der Waals surface area contributed by atoms with Crippen LogP contribution >= 0.6 is 22.7 Å². The smallest absolute Gasteiger partial charge is 0.303 e. The largest absolute Gasteiger partial charge is 0.481 e. The van der Waals surface area contributed by atoms with Gasteiger partial charge in [-0.1, -0.05) is 12.1 Å². The van der Waals surface area contributed by atoms with Gasteiger partial charge in [0.25, 0.3) is 0 Å². The molecule has 3 heterocycles. The highest BCUT2D eigenvalue weighted by molar-refractivity contribution is 7.11. The van der Waals surface area contributed by atoms with E-state index in [-0.39, 0.29) is 30.7 Å². The van der Waals surface area contributed by atoms with Crippen molar-refractivity contribution < 1.29 is 14.7 Å². The number of carboxylic acid groups (broad SMARTS) is 1. The quantitative estimate of drug-likeness (QED) is 0.784. The Morgan fingerprint density at radius 1 is 1.22 bits per heavy atom. The molecule has 1 N–H and O–H groups in total. The highest BCUT2D eigenvalue weighted by atomic mass is 32.1. The summed E-state index contributed by atoms with van der Waals surface area (Å²) < 4.78 is 0. The summed E-state index contributed by atoms with van der Waals surface area (Å²) in [7, 11) is 0. The van der Waals surface area contributed by atoms with Crippen LogP contribution in [0, 0.1) is 5.92 Å². The summed E-state index contributed by atoms with van der Waals surface area (Å²) in [6.07, 6.45) is 5.02. The van der Waals surface area contributed by atoms with E-state index < -0.39 is 5.97 Å². The molecule has 1 saturated carbocycles. The molecule has 0 unspecified atom stereocenters. The minimum atomic E-state index is -0.960. The van der Waals surface area contributed by atoms with Gasteiger partial charge in [-0.05, 0) is 53.8 Å². The summed E-state index contributed by atoms with van der Waals surface area (Å²) in [4.78, 5) is 26.0. The minimum Gasteiger partial charge on any atom is -0.481 e. The molecule has 7 heteroatoms. The van der Waals surface area contributed by atoms with E-state index in [4.69, 9.17) is 10.2 Å². The van der Waals surface area contributed by atoms with Gasteiger partial charge in [-0.3, -0.25) is 9.59 Å². The summed E-state index contributed by atoms with van der Waals surface area (Å²) in [6, 6.07) is 8.03. The van der Waals surface area contributed by atoms with E-state index in [0.717, 1.165) is 29.9 Å². The molecule has 4 rings (SSSR count). The number of thiophene rings is 2. The molecule has 1 fully saturated rings. The Balaban J connectivity index is 1.68. The fourth-order valence-electron chi connectivity index (χ4n) is 3.82. The zero-order valence-corrected chi connectivity index (χ0v) is 16.3. The second-order valence-electron chi connectivity index (χ2n) is 6.76. The van der Waals surface area contributed by atoms with Gasteiger partial charge in [0.2, 0.25) is 5.91 Å². The fourth-order valence-corrected chi connectivity index (χ4v) is 5.38. The van der Waals surface area contributed by atoms with Gasteiger partial charge >= 0.3 is 5.97 Å². The van der Waals surface area contributed by atoms with Gasteiger partial charge in [0.15, 0.2) is 0 Å². The Morgan fingerprint density at radius 3 is 2.74 bits per heavy atom. The number of carboxylic acids is 1. The molecule has 0 radical (unpaired) electrons. The summed E-state index contributed by atoms with van der Waals surface area (Å²) in [5.74, 6) is -0.996. The number of aliphatic carboxylic acids is 1. The van der Waals surface area contributed by atoms with E-state index in [0.29, 0.717) is 0 Å². The molecule has 0 bridgehead atoms. The zero-order chi connectivity index (χ0) is 18.8. The third-order valence-corrected chi connectivity index (χ3v) is 6.77. The number of carbonyl (C=O) groups excluding carboxylic acids is 1. The first-order chi connectivity index (χ1) is 13.1. The van der Waals surface area contributed by atoms with Crippen molar-refractivity contribution in [2.75, 3.05) is 0 Å². The van der Waals surface area contributed by atoms with E-state index in [1.807, 2.05) is 23.6 Å². The third kappa shape index (κ3) is 3.75. The highest BCUT2D eigenvalue weighted by Gasteiger charge is 2.44. The number of carbonyl (C=O) groups is 2. The van der Waals surface area contributed by atoms with Crippen LogP contribution in [0.3, 0.4) is 0 Å². The molecule has 1 aliphatic heterocycles. The van der Waals surface area contributed by atoms with Gasteiger partial charge in [0.05, 0.1) is 18.2 Å². The maximum absolute atomic E-state index is 12.8. The summed E-state index contributed by atoms with van der Waals surface area (Å²) in [5.41, 5.74) is 2.19. The van der Waals surface area contributed by atoms with Crippen molar-refractivity contribution >= 4 is 46.3 Å². The number of hydrazone groups is 1. The number of hydrogen-bond acceptors (Lipinski definition) is 5. The molecule has 1 amide bonds. The molecule has 2 aromatic rings. The first-order valence-corrected chi connectivity index (χ1v) is 10.8. The SMILES string of the molecule is O=C(O)CCC(=O)N1N=C2/C(=C/c3cccs3)CCC[C@H]2[C@H]1c1cccs1. The Kier molecular flexibility index (Phi) is 5.22. The second kappa shape index (κ2) is 7.78. The van der Waals surface area contributed by atoms with Crippen molar-refractivity contribution in [1.29, 1.82) is 0 Å². The summed E-state index contributed by atoms with van der Waals surface area (Å²) in [6.45, 7) is 0. The lowest BCUT2D eigenvalue weighted by molar-refractivity contribution is -0.141. The van der Waals surface area contributed by atoms with Gasteiger partial charge < -0.3 is 5.11 Å². The van der Waals surface area contributed by atoms with Crippen molar-refractivity contribution in [1.82, 2.24) is 5.01 Å². The summed E-state index contributed by atoms with van der Waals surface area (Å²) in [5, 5.41) is 19.3. The van der Waals surface area contributed by atoms with E-state index in [9.17, 15) is 9.59 Å². The Bertz CT molecular complexity index is 884. The van der Waals surface area contributed by atoms with E-state index in [1.54, 1.807) is 27.7 Å². The van der Waals surface area contributed by atoms with Crippen molar-refractivity contribution in [2.45, 2.75) is 38.1 Å². The van der Waals surface area contributed by atoms with Crippen molar-refractivity contribution in [3.8, 4) is 0 Å². The first kappa shape index (κ1) is 18.1. The van der Waals surface area contributed by atoms with Crippen LogP contribution < -0.4 is 0 Å². The Hall–Kier alpha value is -2.25. The molecule has 1 aliphatic carbocycles. The molecule has 0 saturated heterocycles. The van der Waals surface area contributed by atoms with Gasteiger partial charge in [-0.2, -0.15) is 5.10 Å². The molecular formula is C20H20N2O3S2. The van der Waals surface area contributed by atoms with Crippen molar-refractivity contribution in [3.05, 3.63) is 50.4 Å². The molecule has 2 aromatic heterocycles. The molecule has 0 aromatic carbocycles. The van der Waals surface area contributed by atoms with Gasteiger partial charge in [-0.25, -0.2) is 5.01 Å². The lowest BCUT2D eigenvalue weighted by Crippen LogP contribution is -2.31. The number of hydrogen-bond donors (Lipinski definition) is 1. The maximum atomic E-state index is 12.8. The lowest BCUT2D eigenvalue weighted by Gasteiger charge is -2.28. The topological polar surface area (TPSA) is 70.0 Å². The minimum absolute atomic E-state index is 0.0231. The van der Waals surface area contributed by atoms with Crippen molar-refractivity contribution in [3.63, 3.8) is 0 Å². The average molecular weight is 401 g/mol. The lowest BCUT2D eigenvalue weighted by atomic mass is 9.79. The number of allylic oxidation sites excluding steroid dienone is 1. The van der Waals surface area contributed by atoms with Crippen LogP contribution in [0.4, 0.5) is 0 Å². The molecule has 0 spiro atoms. The Labute approximate surface area is 165 Å². The second-order valence-corrected chi connectivity index (χ2v) is 8.72. The zero-order valence-electron chi connectivity index (χ0n) is 14.7. The fraction of sp³-hybridized carbons (Fsp3) is 0.350.